The van der Waals surface area contributed by atoms with Crippen LogP contribution in [0.3, 0.4) is 0 Å². The quantitative estimate of drug-likeness (QED) is 0.300. The number of benzene rings is 1. The van der Waals surface area contributed by atoms with Crippen LogP contribution in [-0.2, 0) is 37.3 Å². The van der Waals surface area contributed by atoms with Crippen LogP contribution in [0.15, 0.2) is 21.9 Å². The van der Waals surface area contributed by atoms with Gasteiger partial charge in [0.25, 0.3) is 20.2 Å². The average Bonchev–Trinajstić information content (AvgIpc) is 2.05. The SMILES string of the molecule is O=S(=O)(O)c1cc(O)c(O)c(S(=O)(=O)O)c1.[Fe].[NaH]. The van der Waals surface area contributed by atoms with Gasteiger partial charge in [0.2, 0.25) is 0 Å². The molecule has 1 aromatic carbocycles. The average molecular weight is 350 g/mol. The van der Waals surface area contributed by atoms with Crippen LogP contribution in [0.2, 0.25) is 0 Å². The summed E-state index contributed by atoms with van der Waals surface area (Å²) < 4.78 is 59.9. The summed E-state index contributed by atoms with van der Waals surface area (Å²) >= 11 is 0. The summed E-state index contributed by atoms with van der Waals surface area (Å²) in [5.74, 6) is -2.32. The molecule has 1 rings (SSSR count). The molecule has 8 nitrogen and oxygen atoms in total. The Morgan fingerprint density at radius 3 is 1.67 bits per heavy atom. The second kappa shape index (κ2) is 6.55. The molecule has 18 heavy (non-hydrogen) atoms. The molecule has 0 saturated carbocycles. The second-order valence-electron chi connectivity index (χ2n) is 2.74. The molecule has 0 heterocycles. The van der Waals surface area contributed by atoms with Gasteiger partial charge in [-0.05, 0) is 6.07 Å². The number of phenolic OH excluding ortho intramolecular Hbond substituents is 2. The van der Waals surface area contributed by atoms with Crippen molar-refractivity contribution in [3.63, 3.8) is 0 Å². The van der Waals surface area contributed by atoms with Crippen LogP contribution in [0, 0.1) is 0 Å². The first-order valence-corrected chi connectivity index (χ1v) is 6.42. The Bertz CT molecular complexity index is 638. The zero-order chi connectivity index (χ0) is 12.7. The molecule has 0 aliphatic heterocycles. The van der Waals surface area contributed by atoms with Crippen molar-refractivity contribution in [1.82, 2.24) is 0 Å². The summed E-state index contributed by atoms with van der Waals surface area (Å²) in [4.78, 5) is -2.20. The minimum atomic E-state index is -4.92. The van der Waals surface area contributed by atoms with Gasteiger partial charge in [0.05, 0.1) is 4.90 Å². The molecule has 0 aromatic heterocycles. The molecule has 0 radical (unpaired) electrons. The standard InChI is InChI=1S/C6H6O8S2.Fe.Na.H/c7-4-1-3(15(9,10)11)2-5(6(4)8)16(12,13)14;;;/h1-2,7-8H,(H,9,10,11)(H,12,13,14);;;. The number of hydrogen-bond donors (Lipinski definition) is 4. The molecule has 0 unspecified atom stereocenters. The monoisotopic (exact) mass is 350 g/mol. The number of hydrogen-bond acceptors (Lipinski definition) is 6. The van der Waals surface area contributed by atoms with Gasteiger partial charge in [-0.2, -0.15) is 16.8 Å². The topological polar surface area (TPSA) is 149 Å². The van der Waals surface area contributed by atoms with E-state index in [2.05, 4.69) is 0 Å². The second-order valence-corrected chi connectivity index (χ2v) is 5.55. The molecule has 0 aliphatic rings. The fourth-order valence-corrected chi connectivity index (χ4v) is 2.14. The van der Waals surface area contributed by atoms with Crippen molar-refractivity contribution in [3.05, 3.63) is 12.1 Å². The summed E-state index contributed by atoms with van der Waals surface area (Å²) in [6.45, 7) is 0. The van der Waals surface area contributed by atoms with E-state index in [0.29, 0.717) is 12.1 Å². The molecule has 0 spiro atoms. The van der Waals surface area contributed by atoms with E-state index in [0.717, 1.165) is 0 Å². The van der Waals surface area contributed by atoms with Crippen LogP contribution >= 0.6 is 0 Å². The molecule has 0 saturated heterocycles. The van der Waals surface area contributed by atoms with E-state index in [1.54, 1.807) is 0 Å². The van der Waals surface area contributed by atoms with Crippen molar-refractivity contribution < 1.29 is 53.2 Å². The van der Waals surface area contributed by atoms with Gasteiger partial charge in [-0.3, -0.25) is 9.11 Å². The molecule has 0 bridgehead atoms. The summed E-state index contributed by atoms with van der Waals surface area (Å²) in [6, 6.07) is 0.735. The number of aromatic hydroxyl groups is 2. The van der Waals surface area contributed by atoms with E-state index in [1.165, 1.54) is 0 Å². The Hall–Kier alpha value is 0.159. The van der Waals surface area contributed by atoms with Crippen molar-refractivity contribution in [2.45, 2.75) is 9.79 Å². The van der Waals surface area contributed by atoms with Crippen molar-refractivity contribution in [2.24, 2.45) is 0 Å². The van der Waals surface area contributed by atoms with Crippen LogP contribution in [0.25, 0.3) is 0 Å². The van der Waals surface area contributed by atoms with Crippen LogP contribution in [0.5, 0.6) is 11.5 Å². The Morgan fingerprint density at radius 1 is 0.889 bits per heavy atom. The van der Waals surface area contributed by atoms with Gasteiger partial charge in [-0.15, -0.1) is 0 Å². The normalized spacial score (nSPS) is 11.2. The number of rotatable bonds is 2. The van der Waals surface area contributed by atoms with Crippen molar-refractivity contribution in [3.8, 4) is 11.5 Å². The van der Waals surface area contributed by atoms with E-state index >= 15 is 0 Å². The third kappa shape index (κ3) is 4.68. The van der Waals surface area contributed by atoms with Crippen LogP contribution in [-0.4, -0.2) is 65.7 Å². The fourth-order valence-electron chi connectivity index (χ4n) is 0.914. The Morgan fingerprint density at radius 2 is 1.33 bits per heavy atom. The first-order valence-electron chi connectivity index (χ1n) is 3.54. The Balaban J connectivity index is 0. The van der Waals surface area contributed by atoms with Gasteiger partial charge in [-0.1, -0.05) is 0 Å². The Labute approximate surface area is 135 Å². The summed E-state index contributed by atoms with van der Waals surface area (Å²) in [5, 5.41) is 18.1. The summed E-state index contributed by atoms with van der Waals surface area (Å²) in [5.41, 5.74) is 0. The van der Waals surface area contributed by atoms with Crippen molar-refractivity contribution in [2.75, 3.05) is 0 Å². The molecule has 1 aromatic rings. The zero-order valence-corrected chi connectivity index (χ0v) is 10.5. The predicted molar refractivity (Wildman–Crippen MR) is 56.5 cm³/mol. The van der Waals surface area contributed by atoms with Gasteiger partial charge in [0, 0.05) is 23.1 Å². The van der Waals surface area contributed by atoms with E-state index in [1.807, 2.05) is 0 Å². The minimum absolute atomic E-state index is 0. The molecule has 0 atom stereocenters. The van der Waals surface area contributed by atoms with E-state index in [9.17, 15) is 16.8 Å². The first kappa shape index (κ1) is 20.5. The predicted octanol–water partition coefficient (Wildman–Crippen LogP) is -1.06. The fraction of sp³-hybridized carbons (Fsp3) is 0. The maximum atomic E-state index is 10.7. The van der Waals surface area contributed by atoms with E-state index in [-0.39, 0.29) is 46.6 Å². The maximum absolute atomic E-state index is 10.7. The van der Waals surface area contributed by atoms with E-state index < -0.39 is 41.5 Å². The third-order valence-electron chi connectivity index (χ3n) is 1.60. The molecular weight excluding hydrogens is 343 g/mol. The summed E-state index contributed by atoms with van der Waals surface area (Å²) in [6.07, 6.45) is 0. The van der Waals surface area contributed by atoms with Gasteiger partial charge < -0.3 is 10.2 Å². The number of phenols is 2. The van der Waals surface area contributed by atoms with Gasteiger partial charge >= 0.3 is 29.6 Å². The molecule has 12 heteroatoms. The molecule has 100 valence electrons. The molecule has 0 amide bonds. The van der Waals surface area contributed by atoms with Gasteiger partial charge in [-0.25, -0.2) is 0 Å². The molecular formula is C6H7FeNaO8S2. The van der Waals surface area contributed by atoms with Gasteiger partial charge in [0.15, 0.2) is 11.5 Å². The Kier molecular flexibility index (Phi) is 7.45. The molecule has 4 N–H and O–H groups in total. The van der Waals surface area contributed by atoms with Crippen LogP contribution in [0.4, 0.5) is 0 Å². The zero-order valence-electron chi connectivity index (χ0n) is 7.75. The molecule has 0 aliphatic carbocycles. The third-order valence-corrected chi connectivity index (χ3v) is 3.30. The van der Waals surface area contributed by atoms with Crippen molar-refractivity contribution >= 4 is 49.8 Å². The van der Waals surface area contributed by atoms with Crippen LogP contribution < -0.4 is 0 Å². The first-order chi connectivity index (χ1) is 7.03. The van der Waals surface area contributed by atoms with Gasteiger partial charge in [0.1, 0.15) is 4.90 Å². The van der Waals surface area contributed by atoms with E-state index in [4.69, 9.17) is 19.3 Å². The molecule has 0 fully saturated rings. The van der Waals surface area contributed by atoms with Crippen molar-refractivity contribution in [1.29, 1.82) is 0 Å². The van der Waals surface area contributed by atoms with Crippen LogP contribution in [0.1, 0.15) is 0 Å². The summed E-state index contributed by atoms with van der Waals surface area (Å²) in [7, 11) is -9.70.